The van der Waals surface area contributed by atoms with Gasteiger partial charge in [0.1, 0.15) is 5.75 Å². The maximum Gasteiger partial charge on any atom is 0.224 e. The molecule has 1 unspecified atom stereocenters. The standard InChI is InChI=1S/C16H24N2O2.ClH/c1-20-15-6-2-4-14(10-15)11-16(19)18-9-7-13-5-3-8-17-12-13;/h2,4,6,10,13,17H,3,5,7-9,11-12H2,1H3,(H,18,19);1H. The van der Waals surface area contributed by atoms with Gasteiger partial charge in [-0.05, 0) is 56.0 Å². The first-order chi connectivity index (χ1) is 9.78. The molecule has 1 aliphatic heterocycles. The molecular formula is C16H25ClN2O2. The van der Waals surface area contributed by atoms with Gasteiger partial charge in [-0.2, -0.15) is 0 Å². The van der Waals surface area contributed by atoms with Crippen molar-refractivity contribution in [2.75, 3.05) is 26.7 Å². The lowest BCUT2D eigenvalue weighted by Crippen LogP contribution is -2.33. The van der Waals surface area contributed by atoms with Gasteiger partial charge < -0.3 is 15.4 Å². The molecule has 0 bridgehead atoms. The number of nitrogens with one attached hydrogen (secondary N) is 2. The van der Waals surface area contributed by atoms with Gasteiger partial charge in [0.05, 0.1) is 13.5 Å². The van der Waals surface area contributed by atoms with E-state index >= 15 is 0 Å². The number of carbonyl (C=O) groups is 1. The SMILES string of the molecule is COc1cccc(CC(=O)NCCC2CCCNC2)c1.Cl. The first kappa shape index (κ1) is 17.8. The molecule has 118 valence electrons. The van der Waals surface area contributed by atoms with E-state index in [9.17, 15) is 4.79 Å². The van der Waals surface area contributed by atoms with Crippen LogP contribution in [0.25, 0.3) is 0 Å². The molecule has 1 atom stereocenters. The van der Waals surface area contributed by atoms with Crippen LogP contribution < -0.4 is 15.4 Å². The Labute approximate surface area is 133 Å². The van der Waals surface area contributed by atoms with Crippen molar-refractivity contribution in [3.63, 3.8) is 0 Å². The molecule has 1 fully saturated rings. The number of amides is 1. The minimum Gasteiger partial charge on any atom is -0.497 e. The Morgan fingerprint density at radius 2 is 2.33 bits per heavy atom. The molecule has 0 aromatic heterocycles. The number of carbonyl (C=O) groups excluding carboxylic acids is 1. The zero-order valence-electron chi connectivity index (χ0n) is 12.6. The fourth-order valence-electron chi connectivity index (χ4n) is 2.62. The van der Waals surface area contributed by atoms with E-state index in [-0.39, 0.29) is 18.3 Å². The maximum atomic E-state index is 11.9. The number of rotatable bonds is 6. The van der Waals surface area contributed by atoms with Crippen molar-refractivity contribution in [2.45, 2.75) is 25.7 Å². The van der Waals surface area contributed by atoms with Gasteiger partial charge in [0.25, 0.3) is 0 Å². The average Bonchev–Trinajstić information content (AvgIpc) is 2.48. The highest BCUT2D eigenvalue weighted by Crippen LogP contribution is 2.14. The molecule has 0 radical (unpaired) electrons. The topological polar surface area (TPSA) is 50.4 Å². The fraction of sp³-hybridized carbons (Fsp3) is 0.562. The quantitative estimate of drug-likeness (QED) is 0.846. The summed E-state index contributed by atoms with van der Waals surface area (Å²) in [4.78, 5) is 11.9. The highest BCUT2D eigenvalue weighted by Gasteiger charge is 2.12. The normalized spacial score (nSPS) is 17.7. The van der Waals surface area contributed by atoms with Crippen molar-refractivity contribution < 1.29 is 9.53 Å². The maximum absolute atomic E-state index is 11.9. The van der Waals surface area contributed by atoms with Crippen LogP contribution in [0.15, 0.2) is 24.3 Å². The second kappa shape index (κ2) is 9.64. The van der Waals surface area contributed by atoms with E-state index in [4.69, 9.17) is 4.74 Å². The number of hydrogen-bond donors (Lipinski definition) is 2. The zero-order valence-corrected chi connectivity index (χ0v) is 13.4. The molecule has 4 nitrogen and oxygen atoms in total. The first-order valence-electron chi connectivity index (χ1n) is 7.38. The van der Waals surface area contributed by atoms with Crippen LogP contribution in [0.1, 0.15) is 24.8 Å². The van der Waals surface area contributed by atoms with E-state index in [1.165, 1.54) is 12.8 Å². The highest BCUT2D eigenvalue weighted by atomic mass is 35.5. The molecule has 1 heterocycles. The third-order valence-electron chi connectivity index (χ3n) is 3.77. The molecule has 0 aliphatic carbocycles. The van der Waals surface area contributed by atoms with Crippen LogP contribution in [-0.2, 0) is 11.2 Å². The lowest BCUT2D eigenvalue weighted by molar-refractivity contribution is -0.120. The largest absolute Gasteiger partial charge is 0.497 e. The van der Waals surface area contributed by atoms with Crippen LogP contribution >= 0.6 is 12.4 Å². The van der Waals surface area contributed by atoms with Crippen molar-refractivity contribution in [2.24, 2.45) is 5.92 Å². The summed E-state index contributed by atoms with van der Waals surface area (Å²) in [5, 5.41) is 6.41. The van der Waals surface area contributed by atoms with Crippen LogP contribution in [0, 0.1) is 5.92 Å². The van der Waals surface area contributed by atoms with Crippen molar-refractivity contribution in [1.29, 1.82) is 0 Å². The summed E-state index contributed by atoms with van der Waals surface area (Å²) in [5.41, 5.74) is 0.987. The molecule has 1 saturated heterocycles. The Morgan fingerprint density at radius 1 is 1.48 bits per heavy atom. The Balaban J connectivity index is 0.00000220. The molecule has 1 aromatic rings. The van der Waals surface area contributed by atoms with Crippen LogP contribution in [0.2, 0.25) is 0 Å². The van der Waals surface area contributed by atoms with E-state index in [0.29, 0.717) is 12.3 Å². The molecule has 0 saturated carbocycles. The minimum absolute atomic E-state index is 0. The summed E-state index contributed by atoms with van der Waals surface area (Å²) in [6, 6.07) is 7.66. The number of ether oxygens (including phenoxy) is 1. The molecule has 2 N–H and O–H groups in total. The third-order valence-corrected chi connectivity index (χ3v) is 3.77. The van der Waals surface area contributed by atoms with E-state index in [0.717, 1.165) is 37.4 Å². The Hall–Kier alpha value is -1.26. The van der Waals surface area contributed by atoms with Gasteiger partial charge in [-0.15, -0.1) is 12.4 Å². The van der Waals surface area contributed by atoms with E-state index in [1.807, 2.05) is 24.3 Å². The lowest BCUT2D eigenvalue weighted by atomic mass is 9.96. The van der Waals surface area contributed by atoms with Crippen LogP contribution in [-0.4, -0.2) is 32.7 Å². The average molecular weight is 313 g/mol. The van der Waals surface area contributed by atoms with Gasteiger partial charge in [0.2, 0.25) is 5.91 Å². The first-order valence-corrected chi connectivity index (χ1v) is 7.38. The van der Waals surface area contributed by atoms with E-state index in [2.05, 4.69) is 10.6 Å². The number of methoxy groups -OCH3 is 1. The Morgan fingerprint density at radius 3 is 3.05 bits per heavy atom. The van der Waals surface area contributed by atoms with Crippen molar-refractivity contribution in [3.8, 4) is 5.75 Å². The van der Waals surface area contributed by atoms with Gasteiger partial charge >= 0.3 is 0 Å². The summed E-state index contributed by atoms with van der Waals surface area (Å²) in [5.74, 6) is 1.59. The lowest BCUT2D eigenvalue weighted by Gasteiger charge is -2.22. The minimum atomic E-state index is 0. The number of piperidine rings is 1. The summed E-state index contributed by atoms with van der Waals surface area (Å²) in [7, 11) is 1.64. The summed E-state index contributed by atoms with van der Waals surface area (Å²) in [6.07, 6.45) is 4.01. The van der Waals surface area contributed by atoms with Gasteiger partial charge in [0.15, 0.2) is 0 Å². The van der Waals surface area contributed by atoms with E-state index < -0.39 is 0 Å². The Kier molecular flexibility index (Phi) is 8.16. The zero-order chi connectivity index (χ0) is 14.2. The number of benzene rings is 1. The van der Waals surface area contributed by atoms with Crippen molar-refractivity contribution >= 4 is 18.3 Å². The number of halogens is 1. The van der Waals surface area contributed by atoms with Crippen molar-refractivity contribution in [3.05, 3.63) is 29.8 Å². The van der Waals surface area contributed by atoms with Crippen LogP contribution in [0.3, 0.4) is 0 Å². The third kappa shape index (κ3) is 6.36. The number of hydrogen-bond acceptors (Lipinski definition) is 3. The Bertz CT molecular complexity index is 434. The summed E-state index contributed by atoms with van der Waals surface area (Å²) >= 11 is 0. The molecule has 5 heteroatoms. The summed E-state index contributed by atoms with van der Waals surface area (Å²) < 4.78 is 5.16. The van der Waals surface area contributed by atoms with Crippen molar-refractivity contribution in [1.82, 2.24) is 10.6 Å². The molecule has 1 aromatic carbocycles. The van der Waals surface area contributed by atoms with Crippen LogP contribution in [0.4, 0.5) is 0 Å². The molecule has 1 amide bonds. The van der Waals surface area contributed by atoms with Gasteiger partial charge in [0, 0.05) is 6.54 Å². The second-order valence-corrected chi connectivity index (χ2v) is 5.38. The predicted molar refractivity (Wildman–Crippen MR) is 87.2 cm³/mol. The second-order valence-electron chi connectivity index (χ2n) is 5.38. The van der Waals surface area contributed by atoms with Gasteiger partial charge in [-0.1, -0.05) is 12.1 Å². The molecule has 21 heavy (non-hydrogen) atoms. The highest BCUT2D eigenvalue weighted by molar-refractivity contribution is 5.85. The van der Waals surface area contributed by atoms with Crippen LogP contribution in [0.5, 0.6) is 5.75 Å². The van der Waals surface area contributed by atoms with Gasteiger partial charge in [-0.25, -0.2) is 0 Å². The fourth-order valence-corrected chi connectivity index (χ4v) is 2.62. The summed E-state index contributed by atoms with van der Waals surface area (Å²) in [6.45, 7) is 3.00. The monoisotopic (exact) mass is 312 g/mol. The predicted octanol–water partition coefficient (Wildman–Crippen LogP) is 2.17. The molecule has 2 rings (SSSR count). The molecular weight excluding hydrogens is 288 g/mol. The van der Waals surface area contributed by atoms with E-state index in [1.54, 1.807) is 7.11 Å². The molecule has 0 spiro atoms. The smallest absolute Gasteiger partial charge is 0.224 e. The van der Waals surface area contributed by atoms with Gasteiger partial charge in [-0.3, -0.25) is 4.79 Å². The molecule has 1 aliphatic rings.